The number of para-hydroxylation sites is 1. The van der Waals surface area contributed by atoms with E-state index in [9.17, 15) is 9.90 Å². The van der Waals surface area contributed by atoms with Crippen LogP contribution in [0.2, 0.25) is 0 Å². The zero-order valence-electron chi connectivity index (χ0n) is 12.9. The lowest BCUT2D eigenvalue weighted by atomic mass is 10.1. The maximum Gasteiger partial charge on any atom is 0.272 e. The number of amides is 1. The largest absolute Gasteiger partial charge is 0.387 e. The van der Waals surface area contributed by atoms with Crippen LogP contribution in [0.5, 0.6) is 0 Å². The van der Waals surface area contributed by atoms with Crippen molar-refractivity contribution in [3.8, 4) is 0 Å². The minimum atomic E-state index is -0.982. The number of benzene rings is 1. The zero-order valence-corrected chi connectivity index (χ0v) is 12.9. The number of fused-ring (bicyclic) bond motifs is 1. The van der Waals surface area contributed by atoms with E-state index in [1.165, 1.54) is 0 Å². The van der Waals surface area contributed by atoms with E-state index in [2.05, 4.69) is 10.4 Å². The summed E-state index contributed by atoms with van der Waals surface area (Å²) in [6.45, 7) is 2.34. The highest BCUT2D eigenvalue weighted by Crippen LogP contribution is 2.17. The molecule has 0 aliphatic carbocycles. The van der Waals surface area contributed by atoms with Crippen molar-refractivity contribution in [1.82, 2.24) is 20.0 Å². The molecule has 0 saturated heterocycles. The molecule has 1 amide bonds. The number of likely N-dealkylation sites (N-methyl/N-ethyl adjacent to an activating group) is 1. The molecule has 0 bridgehead atoms. The second-order valence-corrected chi connectivity index (χ2v) is 5.91. The summed E-state index contributed by atoms with van der Waals surface area (Å²) >= 11 is 0. The summed E-state index contributed by atoms with van der Waals surface area (Å²) in [5, 5.41) is 18.0. The second kappa shape index (κ2) is 5.83. The molecule has 0 aliphatic rings. The molecule has 1 unspecified atom stereocenters. The van der Waals surface area contributed by atoms with Crippen LogP contribution in [0.25, 0.3) is 10.9 Å². The third-order valence-corrected chi connectivity index (χ3v) is 3.26. The topological polar surface area (TPSA) is 70.4 Å². The van der Waals surface area contributed by atoms with E-state index in [0.29, 0.717) is 12.2 Å². The van der Waals surface area contributed by atoms with Gasteiger partial charge in [0.25, 0.3) is 5.91 Å². The molecule has 1 heterocycles. The summed E-state index contributed by atoms with van der Waals surface area (Å²) in [4.78, 5) is 14.2. The number of nitrogens with one attached hydrogen (secondary N) is 1. The van der Waals surface area contributed by atoms with E-state index >= 15 is 0 Å². The molecule has 0 spiro atoms. The van der Waals surface area contributed by atoms with Gasteiger partial charge in [-0.1, -0.05) is 18.2 Å². The predicted molar refractivity (Wildman–Crippen MR) is 82.2 cm³/mol. The lowest BCUT2D eigenvalue weighted by Crippen LogP contribution is -2.47. The standard InChI is InChI=1S/C15H22N4O2/c1-15(21,10-18(2)3)9-16-14(20)13-11-7-5-6-8-12(11)19(4)17-13/h5-8,21H,9-10H2,1-4H3,(H,16,20). The first-order valence-corrected chi connectivity index (χ1v) is 6.87. The SMILES string of the molecule is CN(C)CC(C)(O)CNC(=O)c1nn(C)c2ccccc12. The van der Waals surface area contributed by atoms with E-state index in [0.717, 1.165) is 10.9 Å². The molecule has 114 valence electrons. The highest BCUT2D eigenvalue weighted by molar-refractivity contribution is 6.04. The Kier molecular flexibility index (Phi) is 4.29. The Hall–Kier alpha value is -1.92. The molecule has 6 nitrogen and oxygen atoms in total. The third kappa shape index (κ3) is 3.59. The van der Waals surface area contributed by atoms with Gasteiger partial charge in [0.05, 0.1) is 11.1 Å². The summed E-state index contributed by atoms with van der Waals surface area (Å²) in [5.41, 5.74) is 0.306. The highest BCUT2D eigenvalue weighted by Gasteiger charge is 2.24. The first-order valence-electron chi connectivity index (χ1n) is 6.87. The minimum Gasteiger partial charge on any atom is -0.387 e. The normalized spacial score (nSPS) is 14.4. The van der Waals surface area contributed by atoms with Crippen LogP contribution in [0.15, 0.2) is 24.3 Å². The molecular formula is C15H22N4O2. The smallest absolute Gasteiger partial charge is 0.272 e. The van der Waals surface area contributed by atoms with Crippen LogP contribution in [-0.2, 0) is 7.05 Å². The van der Waals surface area contributed by atoms with Gasteiger partial charge in [-0.25, -0.2) is 0 Å². The number of aliphatic hydroxyl groups is 1. The molecular weight excluding hydrogens is 268 g/mol. The molecule has 0 radical (unpaired) electrons. The Morgan fingerprint density at radius 1 is 1.43 bits per heavy atom. The van der Waals surface area contributed by atoms with Crippen molar-refractivity contribution >= 4 is 16.8 Å². The molecule has 1 aromatic carbocycles. The highest BCUT2D eigenvalue weighted by atomic mass is 16.3. The predicted octanol–water partition coefficient (Wildman–Crippen LogP) is 0.616. The number of aryl methyl sites for hydroxylation is 1. The Morgan fingerprint density at radius 2 is 2.10 bits per heavy atom. The van der Waals surface area contributed by atoms with Crippen LogP contribution >= 0.6 is 0 Å². The molecule has 2 rings (SSSR count). The number of nitrogens with zero attached hydrogens (tertiary/aromatic N) is 3. The van der Waals surface area contributed by atoms with Crippen LogP contribution in [0.3, 0.4) is 0 Å². The van der Waals surface area contributed by atoms with Gasteiger partial charge in [-0.15, -0.1) is 0 Å². The van der Waals surface area contributed by atoms with E-state index < -0.39 is 5.60 Å². The Bertz CT molecular complexity index is 646. The number of rotatable bonds is 5. The van der Waals surface area contributed by atoms with Crippen molar-refractivity contribution in [3.63, 3.8) is 0 Å². The van der Waals surface area contributed by atoms with Gasteiger partial charge in [-0.2, -0.15) is 5.10 Å². The van der Waals surface area contributed by atoms with E-state index in [1.807, 2.05) is 43.3 Å². The van der Waals surface area contributed by atoms with Crippen LogP contribution in [0.4, 0.5) is 0 Å². The van der Waals surface area contributed by atoms with Gasteiger partial charge < -0.3 is 15.3 Å². The first-order chi connectivity index (χ1) is 9.80. The summed E-state index contributed by atoms with van der Waals surface area (Å²) in [7, 11) is 5.56. The van der Waals surface area contributed by atoms with Crippen LogP contribution < -0.4 is 5.32 Å². The van der Waals surface area contributed by atoms with Gasteiger partial charge in [0.2, 0.25) is 0 Å². The van der Waals surface area contributed by atoms with Gasteiger partial charge in [0.15, 0.2) is 5.69 Å². The molecule has 1 atom stereocenters. The number of hydrogen-bond donors (Lipinski definition) is 2. The fourth-order valence-corrected chi connectivity index (χ4v) is 2.47. The van der Waals surface area contributed by atoms with Gasteiger partial charge in [-0.05, 0) is 27.1 Å². The quantitative estimate of drug-likeness (QED) is 0.847. The number of aromatic nitrogens is 2. The Balaban J connectivity index is 2.13. The number of carbonyl (C=O) groups excluding carboxylic acids is 1. The Morgan fingerprint density at radius 3 is 2.76 bits per heavy atom. The first kappa shape index (κ1) is 15.5. The second-order valence-electron chi connectivity index (χ2n) is 5.91. The minimum absolute atomic E-state index is 0.176. The molecule has 0 fully saturated rings. The summed E-state index contributed by atoms with van der Waals surface area (Å²) in [6, 6.07) is 7.58. The van der Waals surface area contributed by atoms with Crippen molar-refractivity contribution in [3.05, 3.63) is 30.0 Å². The zero-order chi connectivity index (χ0) is 15.6. The van der Waals surface area contributed by atoms with Crippen molar-refractivity contribution < 1.29 is 9.90 Å². The van der Waals surface area contributed by atoms with Crippen LogP contribution in [0.1, 0.15) is 17.4 Å². The average molecular weight is 290 g/mol. The van der Waals surface area contributed by atoms with Gasteiger partial charge >= 0.3 is 0 Å². The van der Waals surface area contributed by atoms with Gasteiger partial charge in [0, 0.05) is 25.5 Å². The number of hydrogen-bond acceptors (Lipinski definition) is 4. The molecule has 0 aliphatic heterocycles. The van der Waals surface area contributed by atoms with Crippen molar-refractivity contribution in [2.75, 3.05) is 27.2 Å². The summed E-state index contributed by atoms with van der Waals surface area (Å²) < 4.78 is 1.68. The lowest BCUT2D eigenvalue weighted by molar-refractivity contribution is 0.0325. The molecule has 1 aromatic heterocycles. The van der Waals surface area contributed by atoms with Crippen molar-refractivity contribution in [2.45, 2.75) is 12.5 Å². The fourth-order valence-electron chi connectivity index (χ4n) is 2.47. The molecule has 21 heavy (non-hydrogen) atoms. The van der Waals surface area contributed by atoms with Crippen LogP contribution in [0, 0.1) is 0 Å². The average Bonchev–Trinajstić information content (AvgIpc) is 2.73. The molecule has 0 saturated carbocycles. The van der Waals surface area contributed by atoms with E-state index in [-0.39, 0.29) is 12.5 Å². The maximum atomic E-state index is 12.3. The summed E-state index contributed by atoms with van der Waals surface area (Å²) in [6.07, 6.45) is 0. The fraction of sp³-hybridized carbons (Fsp3) is 0.467. The molecule has 2 N–H and O–H groups in total. The lowest BCUT2D eigenvalue weighted by Gasteiger charge is -2.26. The molecule has 6 heteroatoms. The third-order valence-electron chi connectivity index (χ3n) is 3.26. The van der Waals surface area contributed by atoms with E-state index in [1.54, 1.807) is 18.7 Å². The number of carbonyl (C=O) groups is 1. The maximum absolute atomic E-state index is 12.3. The molecule has 2 aromatic rings. The van der Waals surface area contributed by atoms with Crippen molar-refractivity contribution in [2.24, 2.45) is 7.05 Å². The summed E-state index contributed by atoms with van der Waals surface area (Å²) in [5.74, 6) is -0.272. The Labute approximate surface area is 124 Å². The monoisotopic (exact) mass is 290 g/mol. The van der Waals surface area contributed by atoms with Gasteiger partial charge in [-0.3, -0.25) is 9.48 Å². The van der Waals surface area contributed by atoms with E-state index in [4.69, 9.17) is 0 Å². The van der Waals surface area contributed by atoms with Crippen molar-refractivity contribution in [1.29, 1.82) is 0 Å². The van der Waals surface area contributed by atoms with Crippen LogP contribution in [-0.4, -0.2) is 58.5 Å². The van der Waals surface area contributed by atoms with Gasteiger partial charge in [0.1, 0.15) is 0 Å².